The molecule has 0 atom stereocenters. The van der Waals surface area contributed by atoms with Gasteiger partial charge in [-0.1, -0.05) is 17.7 Å². The van der Waals surface area contributed by atoms with E-state index in [1.54, 1.807) is 29.1 Å². The second kappa shape index (κ2) is 6.07. The summed E-state index contributed by atoms with van der Waals surface area (Å²) in [5, 5.41) is 0.242. The van der Waals surface area contributed by atoms with Gasteiger partial charge in [0.1, 0.15) is 5.69 Å². The first-order chi connectivity index (χ1) is 10.7. The van der Waals surface area contributed by atoms with E-state index < -0.39 is 5.95 Å². The predicted molar refractivity (Wildman–Crippen MR) is 78.1 cm³/mol. The van der Waals surface area contributed by atoms with Crippen LogP contribution < -0.4 is 4.74 Å². The molecule has 3 heterocycles. The van der Waals surface area contributed by atoms with Crippen LogP contribution in [-0.2, 0) is 6.54 Å². The standard InChI is InChI=1S/C14H11ClFN5O/c1-22-12-7-18-10(13(15)20-12)8-21-6-5-17-14(21)9-3-2-4-11(16)19-9/h2-7H,8H2,1H3. The fourth-order valence-corrected chi connectivity index (χ4v) is 2.14. The second-order valence-corrected chi connectivity index (χ2v) is 4.73. The Kier molecular flexibility index (Phi) is 3.97. The van der Waals surface area contributed by atoms with Gasteiger partial charge >= 0.3 is 0 Å². The molecule has 0 bridgehead atoms. The van der Waals surface area contributed by atoms with Crippen molar-refractivity contribution < 1.29 is 9.13 Å². The Bertz CT molecular complexity index is 807. The maximum absolute atomic E-state index is 13.3. The molecule has 0 unspecified atom stereocenters. The number of methoxy groups -OCH3 is 1. The van der Waals surface area contributed by atoms with Crippen LogP contribution in [0.5, 0.6) is 5.88 Å². The van der Waals surface area contributed by atoms with Crippen molar-refractivity contribution >= 4 is 11.6 Å². The molecule has 0 amide bonds. The van der Waals surface area contributed by atoms with E-state index in [2.05, 4.69) is 19.9 Å². The van der Waals surface area contributed by atoms with Gasteiger partial charge in [-0.3, -0.25) is 4.98 Å². The van der Waals surface area contributed by atoms with Crippen LogP contribution in [0.25, 0.3) is 11.5 Å². The van der Waals surface area contributed by atoms with Gasteiger partial charge in [-0.2, -0.15) is 9.37 Å². The summed E-state index contributed by atoms with van der Waals surface area (Å²) in [7, 11) is 1.49. The maximum Gasteiger partial charge on any atom is 0.233 e. The molecule has 0 aliphatic carbocycles. The van der Waals surface area contributed by atoms with E-state index in [0.29, 0.717) is 29.6 Å². The summed E-state index contributed by atoms with van der Waals surface area (Å²) in [5.41, 5.74) is 0.987. The molecule has 0 saturated carbocycles. The summed E-state index contributed by atoms with van der Waals surface area (Å²) in [4.78, 5) is 16.3. The Morgan fingerprint density at radius 3 is 2.86 bits per heavy atom. The fraction of sp³-hybridized carbons (Fsp3) is 0.143. The number of pyridine rings is 1. The summed E-state index contributed by atoms with van der Waals surface area (Å²) in [6.07, 6.45) is 4.83. The van der Waals surface area contributed by atoms with Crippen molar-refractivity contribution in [2.75, 3.05) is 7.11 Å². The number of ether oxygens (including phenoxy) is 1. The summed E-state index contributed by atoms with van der Waals surface area (Å²) < 4.78 is 20.0. The van der Waals surface area contributed by atoms with Crippen molar-refractivity contribution in [2.45, 2.75) is 6.54 Å². The molecule has 0 N–H and O–H groups in total. The first kappa shape index (κ1) is 14.4. The van der Waals surface area contributed by atoms with E-state index >= 15 is 0 Å². The number of nitrogens with zero attached hydrogens (tertiary/aromatic N) is 5. The molecule has 3 rings (SSSR count). The molecule has 3 aromatic heterocycles. The van der Waals surface area contributed by atoms with E-state index in [4.69, 9.17) is 16.3 Å². The first-order valence-electron chi connectivity index (χ1n) is 6.37. The SMILES string of the molecule is COc1cnc(Cn2ccnc2-c2cccc(F)n2)c(Cl)n1. The first-order valence-corrected chi connectivity index (χ1v) is 6.74. The van der Waals surface area contributed by atoms with Gasteiger partial charge in [-0.25, -0.2) is 9.97 Å². The van der Waals surface area contributed by atoms with Crippen LogP contribution in [0, 0.1) is 5.95 Å². The topological polar surface area (TPSA) is 65.7 Å². The van der Waals surface area contributed by atoms with Crippen molar-refractivity contribution in [2.24, 2.45) is 0 Å². The van der Waals surface area contributed by atoms with Gasteiger partial charge < -0.3 is 9.30 Å². The van der Waals surface area contributed by atoms with Crippen molar-refractivity contribution in [1.29, 1.82) is 0 Å². The minimum Gasteiger partial charge on any atom is -0.480 e. The zero-order chi connectivity index (χ0) is 15.5. The van der Waals surface area contributed by atoms with Crippen LogP contribution in [-0.4, -0.2) is 31.6 Å². The van der Waals surface area contributed by atoms with Gasteiger partial charge in [0, 0.05) is 12.4 Å². The molecule has 8 heteroatoms. The molecule has 0 aliphatic heterocycles. The minimum absolute atomic E-state index is 0.242. The lowest BCUT2D eigenvalue weighted by Gasteiger charge is -2.08. The highest BCUT2D eigenvalue weighted by molar-refractivity contribution is 6.30. The van der Waals surface area contributed by atoms with Gasteiger partial charge in [-0.05, 0) is 12.1 Å². The quantitative estimate of drug-likeness (QED) is 0.691. The Morgan fingerprint density at radius 1 is 1.27 bits per heavy atom. The summed E-state index contributed by atoms with van der Waals surface area (Å²) in [5.74, 6) is 0.300. The largest absolute Gasteiger partial charge is 0.480 e. The molecular weight excluding hydrogens is 309 g/mol. The van der Waals surface area contributed by atoms with Crippen LogP contribution >= 0.6 is 11.6 Å². The minimum atomic E-state index is -0.561. The molecule has 0 radical (unpaired) electrons. The highest BCUT2D eigenvalue weighted by Crippen LogP contribution is 2.20. The zero-order valence-electron chi connectivity index (χ0n) is 11.6. The molecule has 112 valence electrons. The third kappa shape index (κ3) is 2.89. The molecule has 0 fully saturated rings. The Labute approximate surface area is 130 Å². The van der Waals surface area contributed by atoms with E-state index in [9.17, 15) is 4.39 Å². The highest BCUT2D eigenvalue weighted by atomic mass is 35.5. The lowest BCUT2D eigenvalue weighted by atomic mass is 10.3. The lowest BCUT2D eigenvalue weighted by molar-refractivity contribution is 0.395. The number of aromatic nitrogens is 5. The van der Waals surface area contributed by atoms with Crippen molar-refractivity contribution in [3.63, 3.8) is 0 Å². The Hall–Kier alpha value is -2.54. The number of hydrogen-bond acceptors (Lipinski definition) is 5. The van der Waals surface area contributed by atoms with Crippen molar-refractivity contribution in [1.82, 2.24) is 24.5 Å². The zero-order valence-corrected chi connectivity index (χ0v) is 12.3. The predicted octanol–water partition coefficient (Wildman–Crippen LogP) is 2.58. The third-order valence-corrected chi connectivity index (χ3v) is 3.27. The third-order valence-electron chi connectivity index (χ3n) is 2.97. The summed E-state index contributed by atoms with van der Waals surface area (Å²) in [6, 6.07) is 4.54. The normalized spacial score (nSPS) is 10.7. The number of hydrogen-bond donors (Lipinski definition) is 0. The smallest absolute Gasteiger partial charge is 0.233 e. The van der Waals surface area contributed by atoms with E-state index in [1.807, 2.05) is 0 Å². The maximum atomic E-state index is 13.3. The van der Waals surface area contributed by atoms with Gasteiger partial charge in [0.05, 0.1) is 25.5 Å². The molecule has 0 aliphatic rings. The number of halogens is 2. The summed E-state index contributed by atoms with van der Waals surface area (Å²) in [6.45, 7) is 0.337. The number of imidazole rings is 1. The highest BCUT2D eigenvalue weighted by Gasteiger charge is 2.12. The molecule has 0 aromatic carbocycles. The summed E-state index contributed by atoms with van der Waals surface area (Å²) >= 11 is 6.09. The Balaban J connectivity index is 1.93. The van der Waals surface area contributed by atoms with Crippen LogP contribution in [0.4, 0.5) is 4.39 Å². The molecule has 3 aromatic rings. The Morgan fingerprint density at radius 2 is 2.14 bits per heavy atom. The van der Waals surface area contributed by atoms with Gasteiger partial charge in [-0.15, -0.1) is 0 Å². The van der Waals surface area contributed by atoms with Crippen LogP contribution in [0.3, 0.4) is 0 Å². The van der Waals surface area contributed by atoms with Crippen molar-refractivity contribution in [3.05, 3.63) is 53.6 Å². The monoisotopic (exact) mass is 319 g/mol. The van der Waals surface area contributed by atoms with Gasteiger partial charge in [0.25, 0.3) is 0 Å². The second-order valence-electron chi connectivity index (χ2n) is 4.37. The van der Waals surface area contributed by atoms with Crippen molar-refractivity contribution in [3.8, 4) is 17.4 Å². The van der Waals surface area contributed by atoms with Crippen LogP contribution in [0.2, 0.25) is 5.15 Å². The van der Waals surface area contributed by atoms with Gasteiger partial charge in [0.2, 0.25) is 11.8 Å². The van der Waals surface area contributed by atoms with E-state index in [1.165, 1.54) is 19.4 Å². The van der Waals surface area contributed by atoms with E-state index in [0.717, 1.165) is 0 Å². The molecular formula is C14H11ClFN5O. The fourth-order valence-electron chi connectivity index (χ4n) is 1.95. The average molecular weight is 320 g/mol. The van der Waals surface area contributed by atoms with Crippen LogP contribution in [0.15, 0.2) is 36.8 Å². The average Bonchev–Trinajstić information content (AvgIpc) is 2.97. The number of rotatable bonds is 4. The van der Waals surface area contributed by atoms with Crippen LogP contribution in [0.1, 0.15) is 5.69 Å². The van der Waals surface area contributed by atoms with Gasteiger partial charge in [0.15, 0.2) is 11.0 Å². The molecule has 0 spiro atoms. The molecule has 0 saturated heterocycles. The van der Waals surface area contributed by atoms with E-state index in [-0.39, 0.29) is 5.15 Å². The molecule has 22 heavy (non-hydrogen) atoms. The molecule has 6 nitrogen and oxygen atoms in total. The lowest BCUT2D eigenvalue weighted by Crippen LogP contribution is -2.06.